The Morgan fingerprint density at radius 1 is 1.14 bits per heavy atom. The first-order chi connectivity index (χ1) is 12.6. The van der Waals surface area contributed by atoms with Crippen LogP contribution in [0.1, 0.15) is 33.1 Å². The number of piperidine rings is 1. The van der Waals surface area contributed by atoms with Crippen molar-refractivity contribution in [2.24, 2.45) is 10.9 Å². The molecule has 0 spiro atoms. The number of hydrogen-bond acceptors (Lipinski definition) is 4. The third-order valence-electron chi connectivity index (χ3n) is 4.06. The van der Waals surface area contributed by atoms with Gasteiger partial charge in [-0.2, -0.15) is 17.5 Å². The van der Waals surface area contributed by atoms with Gasteiger partial charge in [0.25, 0.3) is 0 Å². The summed E-state index contributed by atoms with van der Waals surface area (Å²) in [6.45, 7) is 5.06. The lowest BCUT2D eigenvalue weighted by Crippen LogP contribution is -2.47. The van der Waals surface area contributed by atoms with E-state index in [0.717, 1.165) is 6.42 Å². The van der Waals surface area contributed by atoms with E-state index < -0.39 is 15.5 Å². The number of guanidine groups is 1. The van der Waals surface area contributed by atoms with Crippen molar-refractivity contribution in [2.75, 3.05) is 39.3 Å². The molecule has 0 saturated carbocycles. The van der Waals surface area contributed by atoms with E-state index in [9.17, 15) is 26.4 Å². The van der Waals surface area contributed by atoms with E-state index in [-0.39, 0.29) is 55.4 Å². The van der Waals surface area contributed by atoms with E-state index in [1.54, 1.807) is 0 Å². The fourth-order valence-electron chi connectivity index (χ4n) is 2.55. The highest BCUT2D eigenvalue weighted by Crippen LogP contribution is 2.30. The number of sulfonamides is 1. The molecule has 0 aromatic rings. The highest BCUT2D eigenvalue weighted by molar-refractivity contribution is 14.0. The molecule has 0 aliphatic carbocycles. The summed E-state index contributed by atoms with van der Waals surface area (Å²) in [6.07, 6.45) is 1.47. The Labute approximate surface area is 181 Å². The number of rotatable bonds is 8. The standard InChI is InChI=1S/C15H28F3N5O3S.HI/c1-3-7-20-13(24)11-22-14(19-4-2)21-10-12-5-8-23(9-6-12)27(25,26)15(16,17)18;/h12H,3-11H2,1-2H3,(H,20,24)(H2,19,21,22);1H. The van der Waals surface area contributed by atoms with E-state index in [2.05, 4.69) is 20.9 Å². The number of halogens is 4. The number of hydrogen-bond donors (Lipinski definition) is 3. The van der Waals surface area contributed by atoms with Gasteiger partial charge in [0.05, 0.1) is 0 Å². The molecule has 1 aliphatic rings. The van der Waals surface area contributed by atoms with Gasteiger partial charge in [0.1, 0.15) is 6.54 Å². The van der Waals surface area contributed by atoms with Crippen LogP contribution in [-0.4, -0.2) is 69.4 Å². The van der Waals surface area contributed by atoms with Gasteiger partial charge in [-0.05, 0) is 32.1 Å². The van der Waals surface area contributed by atoms with Crippen molar-refractivity contribution < 1.29 is 26.4 Å². The van der Waals surface area contributed by atoms with Crippen molar-refractivity contribution in [2.45, 2.75) is 38.6 Å². The average Bonchev–Trinajstić information content (AvgIpc) is 2.61. The monoisotopic (exact) mass is 543 g/mol. The van der Waals surface area contributed by atoms with Crippen LogP contribution in [0.4, 0.5) is 13.2 Å². The van der Waals surface area contributed by atoms with Gasteiger partial charge < -0.3 is 16.0 Å². The van der Waals surface area contributed by atoms with E-state index in [1.165, 1.54) is 0 Å². The quantitative estimate of drug-likeness (QED) is 0.243. The summed E-state index contributed by atoms with van der Waals surface area (Å²) >= 11 is 0. The maximum atomic E-state index is 12.6. The second-order valence-electron chi connectivity index (χ2n) is 6.22. The summed E-state index contributed by atoms with van der Waals surface area (Å²) in [5.41, 5.74) is -5.26. The van der Waals surface area contributed by atoms with Crippen molar-refractivity contribution in [1.82, 2.24) is 20.3 Å². The van der Waals surface area contributed by atoms with Gasteiger partial charge in [0.2, 0.25) is 5.91 Å². The predicted octanol–water partition coefficient (Wildman–Crippen LogP) is 1.25. The van der Waals surface area contributed by atoms with Crippen LogP contribution >= 0.6 is 24.0 Å². The first-order valence-corrected chi connectivity index (χ1v) is 10.4. The molecule has 1 aliphatic heterocycles. The van der Waals surface area contributed by atoms with E-state index in [4.69, 9.17) is 0 Å². The van der Waals surface area contributed by atoms with Crippen LogP contribution < -0.4 is 16.0 Å². The van der Waals surface area contributed by atoms with Crippen molar-refractivity contribution in [3.05, 3.63) is 0 Å². The molecule has 0 unspecified atom stereocenters. The fraction of sp³-hybridized carbons (Fsp3) is 0.867. The molecule has 28 heavy (non-hydrogen) atoms. The second kappa shape index (κ2) is 12.7. The van der Waals surface area contributed by atoms with Crippen LogP contribution in [0.25, 0.3) is 0 Å². The Kier molecular flexibility index (Phi) is 12.3. The molecule has 13 heteroatoms. The molecule has 3 N–H and O–H groups in total. The molecular weight excluding hydrogens is 514 g/mol. The minimum absolute atomic E-state index is 0. The molecule has 0 radical (unpaired) electrons. The minimum Gasteiger partial charge on any atom is -0.357 e. The highest BCUT2D eigenvalue weighted by atomic mass is 127. The highest BCUT2D eigenvalue weighted by Gasteiger charge is 2.50. The second-order valence-corrected chi connectivity index (χ2v) is 8.15. The van der Waals surface area contributed by atoms with Crippen molar-refractivity contribution >= 4 is 45.9 Å². The number of alkyl halides is 3. The number of carbonyl (C=O) groups excluding carboxylic acids is 1. The first-order valence-electron chi connectivity index (χ1n) is 8.97. The Hall–Kier alpha value is -0.830. The van der Waals surface area contributed by atoms with Gasteiger partial charge in [-0.25, -0.2) is 13.4 Å². The number of amides is 1. The Bertz CT molecular complexity index is 609. The minimum atomic E-state index is -5.26. The Morgan fingerprint density at radius 3 is 2.25 bits per heavy atom. The molecule has 1 fully saturated rings. The van der Waals surface area contributed by atoms with Crippen LogP contribution in [-0.2, 0) is 14.8 Å². The summed E-state index contributed by atoms with van der Waals surface area (Å²) in [4.78, 5) is 15.8. The van der Waals surface area contributed by atoms with Crippen LogP contribution in [0.3, 0.4) is 0 Å². The zero-order chi connectivity index (χ0) is 20.5. The van der Waals surface area contributed by atoms with E-state index >= 15 is 0 Å². The van der Waals surface area contributed by atoms with Crippen LogP contribution in [0.15, 0.2) is 4.99 Å². The van der Waals surface area contributed by atoms with Crippen LogP contribution in [0, 0.1) is 5.92 Å². The van der Waals surface area contributed by atoms with Crippen molar-refractivity contribution in [1.29, 1.82) is 0 Å². The third kappa shape index (κ3) is 8.68. The molecular formula is C15H29F3IN5O3S. The summed E-state index contributed by atoms with van der Waals surface area (Å²) in [6, 6.07) is 0. The third-order valence-corrected chi connectivity index (χ3v) is 5.69. The molecule has 1 amide bonds. The molecule has 0 aromatic heterocycles. The molecule has 1 saturated heterocycles. The lowest BCUT2D eigenvalue weighted by Gasteiger charge is -2.31. The number of aliphatic imine (C=N–C) groups is 1. The number of nitrogens with zero attached hydrogens (tertiary/aromatic N) is 2. The lowest BCUT2D eigenvalue weighted by atomic mass is 9.98. The van der Waals surface area contributed by atoms with Crippen molar-refractivity contribution in [3.8, 4) is 0 Å². The average molecular weight is 543 g/mol. The van der Waals surface area contributed by atoms with Crippen LogP contribution in [0.5, 0.6) is 0 Å². The van der Waals surface area contributed by atoms with Crippen LogP contribution in [0.2, 0.25) is 0 Å². The molecule has 1 heterocycles. The summed E-state index contributed by atoms with van der Waals surface area (Å²) in [7, 11) is -5.26. The van der Waals surface area contributed by atoms with Gasteiger partial charge in [-0.15, -0.1) is 24.0 Å². The van der Waals surface area contributed by atoms with E-state index in [0.29, 0.717) is 42.7 Å². The smallest absolute Gasteiger partial charge is 0.357 e. The maximum absolute atomic E-state index is 12.6. The molecule has 1 rings (SSSR count). The summed E-state index contributed by atoms with van der Waals surface area (Å²) in [5.74, 6) is 0.261. The SMILES string of the molecule is CCCNC(=O)CN=C(NCC)NCC1CCN(S(=O)(=O)C(F)(F)F)CC1.I. The van der Waals surface area contributed by atoms with Gasteiger partial charge in [-0.1, -0.05) is 6.92 Å². The number of carbonyl (C=O) groups is 1. The normalized spacial score (nSPS) is 17.0. The molecule has 8 nitrogen and oxygen atoms in total. The molecule has 0 bridgehead atoms. The Morgan fingerprint density at radius 2 is 1.75 bits per heavy atom. The van der Waals surface area contributed by atoms with E-state index in [1.807, 2.05) is 13.8 Å². The first kappa shape index (κ1) is 27.2. The largest absolute Gasteiger partial charge is 0.511 e. The topological polar surface area (TPSA) is 103 Å². The zero-order valence-electron chi connectivity index (χ0n) is 16.0. The molecule has 166 valence electrons. The predicted molar refractivity (Wildman–Crippen MR) is 112 cm³/mol. The summed E-state index contributed by atoms with van der Waals surface area (Å²) < 4.78 is 61.1. The van der Waals surface area contributed by atoms with Gasteiger partial charge >= 0.3 is 15.5 Å². The number of nitrogens with one attached hydrogen (secondary N) is 3. The fourth-order valence-corrected chi connectivity index (χ4v) is 3.54. The zero-order valence-corrected chi connectivity index (χ0v) is 19.2. The van der Waals surface area contributed by atoms with Gasteiger partial charge in [-0.3, -0.25) is 4.79 Å². The molecule has 0 aromatic carbocycles. The Balaban J connectivity index is 0.00000729. The maximum Gasteiger partial charge on any atom is 0.511 e. The lowest BCUT2D eigenvalue weighted by molar-refractivity contribution is -0.119. The molecule has 0 atom stereocenters. The summed E-state index contributed by atoms with van der Waals surface area (Å²) in [5, 5.41) is 8.76. The van der Waals surface area contributed by atoms with Crippen molar-refractivity contribution in [3.63, 3.8) is 0 Å². The van der Waals surface area contributed by atoms with Gasteiger partial charge in [0.15, 0.2) is 5.96 Å². The van der Waals surface area contributed by atoms with Gasteiger partial charge in [0, 0.05) is 32.7 Å².